The summed E-state index contributed by atoms with van der Waals surface area (Å²) in [7, 11) is 0. The Morgan fingerprint density at radius 1 is 1.54 bits per heavy atom. The van der Waals surface area contributed by atoms with Crippen molar-refractivity contribution in [2.75, 3.05) is 6.54 Å². The number of amides is 2. The fraction of sp³-hybridized carbons (Fsp3) is 0.286. The summed E-state index contributed by atoms with van der Waals surface area (Å²) in [5.41, 5.74) is 0. The second-order valence-electron chi connectivity index (χ2n) is 2.39. The Hall–Kier alpha value is -1.72. The van der Waals surface area contributed by atoms with Crippen LogP contribution in [0.25, 0.3) is 0 Å². The van der Waals surface area contributed by atoms with Crippen molar-refractivity contribution in [3.8, 4) is 0 Å². The summed E-state index contributed by atoms with van der Waals surface area (Å²) in [5, 5.41) is 13.4. The molecule has 0 aromatic carbocycles. The fourth-order valence-electron chi connectivity index (χ4n) is 0.784. The monoisotopic (exact) mass is 184 g/mol. The van der Waals surface area contributed by atoms with Gasteiger partial charge in [0.15, 0.2) is 0 Å². The molecule has 0 saturated heterocycles. The van der Waals surface area contributed by atoms with Crippen molar-refractivity contribution in [1.82, 2.24) is 15.5 Å². The zero-order valence-electron chi connectivity index (χ0n) is 6.86. The molecule has 3 N–H and O–H groups in total. The average Bonchev–Trinajstić information content (AvgIpc) is 2.55. The van der Waals surface area contributed by atoms with Crippen LogP contribution in [0.5, 0.6) is 0 Å². The molecule has 0 aromatic rings. The van der Waals surface area contributed by atoms with E-state index in [9.17, 15) is 9.59 Å². The Balaban J connectivity index is 2.17. The van der Waals surface area contributed by atoms with Gasteiger partial charge < -0.3 is 15.7 Å². The van der Waals surface area contributed by atoms with Crippen LogP contribution in [0.3, 0.4) is 0 Å². The fourth-order valence-corrected chi connectivity index (χ4v) is 0.784. The van der Waals surface area contributed by atoms with E-state index < -0.39 is 5.97 Å². The third-order valence-corrected chi connectivity index (χ3v) is 1.39. The zero-order chi connectivity index (χ0) is 9.68. The van der Waals surface area contributed by atoms with Crippen LogP contribution in [0.15, 0.2) is 12.4 Å². The summed E-state index contributed by atoms with van der Waals surface area (Å²) in [6.45, 7) is 1.60. The third kappa shape index (κ3) is 3.02. The molecule has 1 rings (SSSR count). The minimum absolute atomic E-state index is 0.0727. The number of carbonyl (C=O) groups excluding carboxylic acids is 1. The molecular formula is C7H10N3O3. The van der Waals surface area contributed by atoms with Crippen molar-refractivity contribution >= 4 is 12.0 Å². The number of urea groups is 1. The SMILES string of the molecule is O=C(O)CCNC(=O)N1[CH]NC=C1. The van der Waals surface area contributed by atoms with Gasteiger partial charge in [0.2, 0.25) is 0 Å². The van der Waals surface area contributed by atoms with Crippen molar-refractivity contribution in [2.24, 2.45) is 0 Å². The molecule has 1 aliphatic rings. The van der Waals surface area contributed by atoms with Crippen LogP contribution in [0, 0.1) is 6.67 Å². The standard InChI is InChI=1S/C7H10N3O3/c11-6(12)1-2-9-7(13)10-4-3-8-5-10/h3-5,8H,1-2H2,(H,9,13)(H,11,12). The van der Waals surface area contributed by atoms with Gasteiger partial charge >= 0.3 is 12.0 Å². The molecule has 2 amide bonds. The van der Waals surface area contributed by atoms with Crippen molar-refractivity contribution in [2.45, 2.75) is 6.42 Å². The number of nitrogens with one attached hydrogen (secondary N) is 2. The van der Waals surface area contributed by atoms with Gasteiger partial charge in [-0.05, 0) is 0 Å². The normalized spacial score (nSPS) is 14.0. The van der Waals surface area contributed by atoms with Crippen LogP contribution >= 0.6 is 0 Å². The second-order valence-corrected chi connectivity index (χ2v) is 2.39. The number of carbonyl (C=O) groups is 2. The summed E-state index contributed by atoms with van der Waals surface area (Å²) in [6, 6.07) is -0.345. The van der Waals surface area contributed by atoms with Crippen LogP contribution in [0.1, 0.15) is 6.42 Å². The predicted molar refractivity (Wildman–Crippen MR) is 44.1 cm³/mol. The van der Waals surface area contributed by atoms with E-state index in [1.807, 2.05) is 0 Å². The van der Waals surface area contributed by atoms with Crippen LogP contribution < -0.4 is 10.6 Å². The van der Waals surface area contributed by atoms with Gasteiger partial charge in [0.1, 0.15) is 6.67 Å². The number of carboxylic acid groups (broad SMARTS) is 1. The summed E-state index contributed by atoms with van der Waals surface area (Å²) >= 11 is 0. The van der Waals surface area contributed by atoms with Gasteiger partial charge in [-0.15, -0.1) is 0 Å². The Morgan fingerprint density at radius 3 is 2.85 bits per heavy atom. The van der Waals surface area contributed by atoms with E-state index in [1.165, 1.54) is 17.8 Å². The third-order valence-electron chi connectivity index (χ3n) is 1.39. The molecule has 1 heterocycles. The van der Waals surface area contributed by atoms with Gasteiger partial charge in [-0.2, -0.15) is 0 Å². The van der Waals surface area contributed by atoms with E-state index in [0.717, 1.165) is 0 Å². The molecule has 0 spiro atoms. The summed E-state index contributed by atoms with van der Waals surface area (Å²) < 4.78 is 0. The highest BCUT2D eigenvalue weighted by molar-refractivity contribution is 5.77. The number of carboxylic acids is 1. The first-order chi connectivity index (χ1) is 6.20. The molecule has 1 radical (unpaired) electrons. The van der Waals surface area contributed by atoms with E-state index in [0.29, 0.717) is 0 Å². The van der Waals surface area contributed by atoms with E-state index in [4.69, 9.17) is 5.11 Å². The first-order valence-corrected chi connectivity index (χ1v) is 3.74. The molecule has 0 aromatic heterocycles. The number of nitrogens with zero attached hydrogens (tertiary/aromatic N) is 1. The second kappa shape index (κ2) is 4.34. The first kappa shape index (κ1) is 9.37. The number of rotatable bonds is 3. The van der Waals surface area contributed by atoms with Crippen LogP contribution in [0.4, 0.5) is 4.79 Å². The Bertz CT molecular complexity index is 239. The lowest BCUT2D eigenvalue weighted by Crippen LogP contribution is -2.35. The van der Waals surface area contributed by atoms with Crippen molar-refractivity contribution in [3.63, 3.8) is 0 Å². The smallest absolute Gasteiger partial charge is 0.323 e. The first-order valence-electron chi connectivity index (χ1n) is 3.74. The Kier molecular flexibility index (Phi) is 3.13. The molecule has 0 atom stereocenters. The van der Waals surface area contributed by atoms with Gasteiger partial charge in [-0.25, -0.2) is 4.79 Å². The minimum Gasteiger partial charge on any atom is -0.481 e. The van der Waals surface area contributed by atoms with Crippen molar-refractivity contribution < 1.29 is 14.7 Å². The Morgan fingerprint density at radius 2 is 2.31 bits per heavy atom. The molecule has 6 nitrogen and oxygen atoms in total. The summed E-state index contributed by atoms with van der Waals surface area (Å²) in [6.07, 6.45) is 3.06. The minimum atomic E-state index is -0.931. The lowest BCUT2D eigenvalue weighted by atomic mass is 10.4. The molecule has 0 saturated carbocycles. The van der Waals surface area contributed by atoms with Crippen LogP contribution in [-0.2, 0) is 4.79 Å². The largest absolute Gasteiger partial charge is 0.481 e. The van der Waals surface area contributed by atoms with Gasteiger partial charge in [0.05, 0.1) is 6.42 Å². The number of hydrogen-bond donors (Lipinski definition) is 3. The lowest BCUT2D eigenvalue weighted by molar-refractivity contribution is -0.136. The van der Waals surface area contributed by atoms with Gasteiger partial charge in [-0.3, -0.25) is 9.69 Å². The van der Waals surface area contributed by atoms with E-state index in [-0.39, 0.29) is 19.0 Å². The van der Waals surface area contributed by atoms with E-state index in [1.54, 1.807) is 6.20 Å². The highest BCUT2D eigenvalue weighted by Crippen LogP contribution is 1.98. The number of hydrogen-bond acceptors (Lipinski definition) is 3. The molecule has 0 aliphatic carbocycles. The molecule has 0 bridgehead atoms. The molecule has 6 heteroatoms. The van der Waals surface area contributed by atoms with Crippen molar-refractivity contribution in [3.05, 3.63) is 19.1 Å². The molecule has 13 heavy (non-hydrogen) atoms. The van der Waals surface area contributed by atoms with Crippen molar-refractivity contribution in [1.29, 1.82) is 0 Å². The maximum atomic E-state index is 11.1. The zero-order valence-corrected chi connectivity index (χ0v) is 6.86. The highest BCUT2D eigenvalue weighted by atomic mass is 16.4. The topological polar surface area (TPSA) is 81.7 Å². The molecule has 0 fully saturated rings. The molecule has 0 unspecified atom stereocenters. The highest BCUT2D eigenvalue weighted by Gasteiger charge is 2.12. The van der Waals surface area contributed by atoms with Gasteiger partial charge in [0, 0.05) is 18.9 Å². The van der Waals surface area contributed by atoms with Crippen LogP contribution in [0.2, 0.25) is 0 Å². The van der Waals surface area contributed by atoms with Gasteiger partial charge in [-0.1, -0.05) is 0 Å². The predicted octanol–water partition coefficient (Wildman–Crippen LogP) is -0.334. The quantitative estimate of drug-likeness (QED) is 0.560. The lowest BCUT2D eigenvalue weighted by Gasteiger charge is -2.12. The Labute approximate surface area is 75.2 Å². The van der Waals surface area contributed by atoms with Crippen LogP contribution in [-0.4, -0.2) is 28.6 Å². The maximum absolute atomic E-state index is 11.1. The molecular weight excluding hydrogens is 174 g/mol. The van der Waals surface area contributed by atoms with E-state index >= 15 is 0 Å². The summed E-state index contributed by atoms with van der Waals surface area (Å²) in [4.78, 5) is 22.5. The average molecular weight is 184 g/mol. The molecule has 1 aliphatic heterocycles. The summed E-state index contributed by atoms with van der Waals surface area (Å²) in [5.74, 6) is -0.931. The number of aliphatic carboxylic acids is 1. The van der Waals surface area contributed by atoms with E-state index in [2.05, 4.69) is 10.6 Å². The van der Waals surface area contributed by atoms with Gasteiger partial charge in [0.25, 0.3) is 0 Å². The molecule has 71 valence electrons. The maximum Gasteiger partial charge on any atom is 0.323 e.